The molecule has 1 unspecified atom stereocenters. The summed E-state index contributed by atoms with van der Waals surface area (Å²) < 4.78 is 46.8. The Bertz CT molecular complexity index is 1570. The van der Waals surface area contributed by atoms with Crippen LogP contribution in [0.1, 0.15) is 30.5 Å². The third kappa shape index (κ3) is 8.17. The van der Waals surface area contributed by atoms with E-state index in [0.717, 1.165) is 24.1 Å². The fourth-order valence-electron chi connectivity index (χ4n) is 4.23. The third-order valence-electron chi connectivity index (χ3n) is 6.33. The standard InChI is InChI=1S/C32H32FN3O5S/c1-2-21-34-32(38)31(25-11-7-4-8-12-25)36(22-24-9-5-3-6-10-24)30(37)23-41-28-17-19-29(20-18-28)42(39,40)35-27-15-13-26(33)14-16-27/h3-20,31,35H,2,21-23H2,1H3,(H,34,38). The smallest absolute Gasteiger partial charge is 0.261 e. The van der Waals surface area contributed by atoms with E-state index in [-0.39, 0.29) is 35.4 Å². The first-order chi connectivity index (χ1) is 20.3. The number of nitrogens with one attached hydrogen (secondary N) is 2. The number of amides is 2. The van der Waals surface area contributed by atoms with Crippen LogP contribution in [0.2, 0.25) is 0 Å². The van der Waals surface area contributed by atoms with Crippen molar-refractivity contribution in [3.63, 3.8) is 0 Å². The molecular formula is C32H32FN3O5S. The first-order valence-corrected chi connectivity index (χ1v) is 14.9. The highest BCUT2D eigenvalue weighted by molar-refractivity contribution is 7.92. The highest BCUT2D eigenvalue weighted by Crippen LogP contribution is 2.25. The lowest BCUT2D eigenvalue weighted by atomic mass is 10.0. The number of nitrogens with zero attached hydrogens (tertiary/aromatic N) is 1. The second-order valence-corrected chi connectivity index (χ2v) is 11.2. The average molecular weight is 590 g/mol. The number of rotatable bonds is 13. The molecule has 0 radical (unpaired) electrons. The summed E-state index contributed by atoms with van der Waals surface area (Å²) in [5.41, 5.74) is 1.73. The van der Waals surface area contributed by atoms with E-state index in [4.69, 9.17) is 4.74 Å². The van der Waals surface area contributed by atoms with Crippen molar-refractivity contribution < 1.29 is 27.1 Å². The highest BCUT2D eigenvalue weighted by Gasteiger charge is 2.31. The molecule has 0 saturated heterocycles. The topological polar surface area (TPSA) is 105 Å². The summed E-state index contributed by atoms with van der Waals surface area (Å²) >= 11 is 0. The number of carbonyl (C=O) groups is 2. The zero-order chi connectivity index (χ0) is 30.0. The van der Waals surface area contributed by atoms with Crippen LogP contribution in [-0.2, 0) is 26.2 Å². The molecule has 0 saturated carbocycles. The lowest BCUT2D eigenvalue weighted by Crippen LogP contribution is -2.45. The molecule has 8 nitrogen and oxygen atoms in total. The lowest BCUT2D eigenvalue weighted by molar-refractivity contribution is -0.143. The molecule has 0 spiro atoms. The number of ether oxygens (including phenoxy) is 1. The number of hydrogen-bond donors (Lipinski definition) is 2. The molecule has 0 heterocycles. The van der Waals surface area contributed by atoms with Gasteiger partial charge in [0.1, 0.15) is 17.6 Å². The molecule has 0 bridgehead atoms. The molecule has 1 atom stereocenters. The van der Waals surface area contributed by atoms with E-state index in [0.29, 0.717) is 12.1 Å². The second kappa shape index (κ2) is 14.3. The fraction of sp³-hybridized carbons (Fsp3) is 0.188. The molecule has 218 valence electrons. The number of carbonyl (C=O) groups excluding carboxylic acids is 2. The molecular weight excluding hydrogens is 557 g/mol. The van der Waals surface area contributed by atoms with Crippen LogP contribution in [-0.4, -0.2) is 38.3 Å². The Labute approximate surface area is 245 Å². The zero-order valence-corrected chi connectivity index (χ0v) is 23.9. The molecule has 4 aromatic carbocycles. The highest BCUT2D eigenvalue weighted by atomic mass is 32.2. The molecule has 0 aromatic heterocycles. The number of sulfonamides is 1. The number of hydrogen-bond acceptors (Lipinski definition) is 5. The summed E-state index contributed by atoms with van der Waals surface area (Å²) in [5, 5.41) is 2.91. The van der Waals surface area contributed by atoms with Gasteiger partial charge in [-0.15, -0.1) is 0 Å². The number of anilines is 1. The van der Waals surface area contributed by atoms with E-state index in [9.17, 15) is 22.4 Å². The van der Waals surface area contributed by atoms with Gasteiger partial charge in [-0.05, 0) is 66.1 Å². The quantitative estimate of drug-likeness (QED) is 0.220. The van der Waals surface area contributed by atoms with E-state index < -0.39 is 27.8 Å². The average Bonchev–Trinajstić information content (AvgIpc) is 3.01. The van der Waals surface area contributed by atoms with Gasteiger partial charge in [-0.1, -0.05) is 67.6 Å². The summed E-state index contributed by atoms with van der Waals surface area (Å²) in [6.07, 6.45) is 0.744. The van der Waals surface area contributed by atoms with E-state index in [1.807, 2.05) is 67.6 Å². The van der Waals surface area contributed by atoms with Crippen LogP contribution in [0.3, 0.4) is 0 Å². The molecule has 0 aliphatic carbocycles. The maximum atomic E-state index is 13.7. The SMILES string of the molecule is CCCNC(=O)C(c1ccccc1)N(Cc1ccccc1)C(=O)COc1ccc(S(=O)(=O)Nc2ccc(F)cc2)cc1. The molecule has 0 aliphatic rings. The van der Waals surface area contributed by atoms with E-state index >= 15 is 0 Å². The molecule has 10 heteroatoms. The van der Waals surface area contributed by atoms with Crippen molar-refractivity contribution in [2.75, 3.05) is 17.9 Å². The van der Waals surface area contributed by atoms with Crippen molar-refractivity contribution in [1.29, 1.82) is 0 Å². The van der Waals surface area contributed by atoms with Crippen molar-refractivity contribution in [2.45, 2.75) is 30.8 Å². The molecule has 42 heavy (non-hydrogen) atoms. The van der Waals surface area contributed by atoms with Crippen molar-refractivity contribution in [2.24, 2.45) is 0 Å². The van der Waals surface area contributed by atoms with Gasteiger partial charge in [0.2, 0.25) is 5.91 Å². The van der Waals surface area contributed by atoms with Crippen LogP contribution >= 0.6 is 0 Å². The molecule has 4 rings (SSSR count). The largest absolute Gasteiger partial charge is 0.484 e. The van der Waals surface area contributed by atoms with Gasteiger partial charge in [0, 0.05) is 18.8 Å². The Balaban J connectivity index is 1.52. The van der Waals surface area contributed by atoms with Crippen LogP contribution in [0.4, 0.5) is 10.1 Å². The first-order valence-electron chi connectivity index (χ1n) is 13.4. The van der Waals surface area contributed by atoms with Gasteiger partial charge >= 0.3 is 0 Å². The number of halogens is 1. The fourth-order valence-corrected chi connectivity index (χ4v) is 5.29. The predicted molar refractivity (Wildman–Crippen MR) is 159 cm³/mol. The van der Waals surface area contributed by atoms with Gasteiger partial charge in [0.05, 0.1) is 4.90 Å². The molecule has 0 fully saturated rings. The van der Waals surface area contributed by atoms with Crippen LogP contribution in [0.25, 0.3) is 0 Å². The van der Waals surface area contributed by atoms with Crippen LogP contribution in [0, 0.1) is 5.82 Å². The summed E-state index contributed by atoms with van der Waals surface area (Å²) in [5.74, 6) is -0.923. The van der Waals surface area contributed by atoms with Crippen LogP contribution in [0.5, 0.6) is 5.75 Å². The van der Waals surface area contributed by atoms with Gasteiger partial charge in [-0.2, -0.15) is 0 Å². The van der Waals surface area contributed by atoms with Gasteiger partial charge in [0.15, 0.2) is 6.61 Å². The maximum Gasteiger partial charge on any atom is 0.261 e. The normalized spacial score (nSPS) is 11.8. The first kappa shape index (κ1) is 30.3. The lowest BCUT2D eigenvalue weighted by Gasteiger charge is -2.31. The van der Waals surface area contributed by atoms with Gasteiger partial charge in [-0.25, -0.2) is 12.8 Å². The minimum atomic E-state index is -3.93. The minimum Gasteiger partial charge on any atom is -0.484 e. The predicted octanol–water partition coefficient (Wildman–Crippen LogP) is 5.30. The monoisotopic (exact) mass is 589 g/mol. The Kier molecular flexibility index (Phi) is 10.3. The summed E-state index contributed by atoms with van der Waals surface area (Å²) in [6.45, 7) is 2.22. The molecule has 2 amide bonds. The van der Waals surface area contributed by atoms with Crippen LogP contribution in [0.15, 0.2) is 114 Å². The van der Waals surface area contributed by atoms with Crippen molar-refractivity contribution >= 4 is 27.5 Å². The molecule has 0 aliphatic heterocycles. The minimum absolute atomic E-state index is 0.0343. The molecule has 2 N–H and O–H groups in total. The number of benzene rings is 4. The van der Waals surface area contributed by atoms with Gasteiger partial charge in [-0.3, -0.25) is 14.3 Å². The Morgan fingerprint density at radius 3 is 2.10 bits per heavy atom. The van der Waals surface area contributed by atoms with Crippen molar-refractivity contribution in [1.82, 2.24) is 10.2 Å². The third-order valence-corrected chi connectivity index (χ3v) is 7.73. The van der Waals surface area contributed by atoms with Gasteiger partial charge < -0.3 is 15.0 Å². The Morgan fingerprint density at radius 2 is 1.48 bits per heavy atom. The Morgan fingerprint density at radius 1 is 0.857 bits per heavy atom. The summed E-state index contributed by atoms with van der Waals surface area (Å²) in [6, 6.07) is 28.1. The van der Waals surface area contributed by atoms with E-state index in [1.165, 1.54) is 41.3 Å². The van der Waals surface area contributed by atoms with E-state index in [2.05, 4.69) is 10.0 Å². The Hall–Kier alpha value is -4.70. The van der Waals surface area contributed by atoms with Crippen LogP contribution < -0.4 is 14.8 Å². The molecule has 4 aromatic rings. The summed E-state index contributed by atoms with van der Waals surface area (Å²) in [7, 11) is -3.93. The van der Waals surface area contributed by atoms with Crippen molar-refractivity contribution in [3.05, 3.63) is 126 Å². The zero-order valence-electron chi connectivity index (χ0n) is 23.1. The van der Waals surface area contributed by atoms with Gasteiger partial charge in [0.25, 0.3) is 15.9 Å². The van der Waals surface area contributed by atoms with E-state index in [1.54, 1.807) is 0 Å². The maximum absolute atomic E-state index is 13.7. The summed E-state index contributed by atoms with van der Waals surface area (Å²) in [4.78, 5) is 28.5. The van der Waals surface area contributed by atoms with Crippen molar-refractivity contribution in [3.8, 4) is 5.75 Å². The second-order valence-electron chi connectivity index (χ2n) is 9.48.